The average Bonchev–Trinajstić information content (AvgIpc) is 3.08. The van der Waals surface area contributed by atoms with Gasteiger partial charge in [-0.25, -0.2) is 9.18 Å². The number of nitrogens with zero attached hydrogens (tertiary/aromatic N) is 2. The van der Waals surface area contributed by atoms with Gasteiger partial charge in [0, 0.05) is 37.1 Å². The molecule has 0 bridgehead atoms. The molecule has 2 atom stereocenters. The number of hydrogen-bond acceptors (Lipinski definition) is 5. The van der Waals surface area contributed by atoms with Crippen molar-refractivity contribution in [3.63, 3.8) is 0 Å². The number of rotatable bonds is 5. The van der Waals surface area contributed by atoms with Gasteiger partial charge in [0.25, 0.3) is 11.8 Å². The molecule has 0 aliphatic carbocycles. The fourth-order valence-electron chi connectivity index (χ4n) is 4.90. The standard InChI is InChI=1S/C28H31FN4O5/c1-27(2,3)28(16-33(26(36)37)9-4-10-38-28)25(35)32-21(14-30)11-19-7-5-18(13-23(19)29)17-6-8-20-15-31-24(34)22(20)12-17/h5-8,12-13,21H,4,9-11,15-16H2,1-3H3,(H,31,34)(H,32,35)(H,36,37)/t21-,28?/m0/s1. The summed E-state index contributed by atoms with van der Waals surface area (Å²) in [6.07, 6.45) is -0.810. The molecule has 3 amide bonds. The Bertz CT molecular complexity index is 1320. The average molecular weight is 523 g/mol. The van der Waals surface area contributed by atoms with Gasteiger partial charge < -0.3 is 25.4 Å². The molecule has 10 heteroatoms. The van der Waals surface area contributed by atoms with Gasteiger partial charge in [0.2, 0.25) is 0 Å². The van der Waals surface area contributed by atoms with Gasteiger partial charge in [-0.2, -0.15) is 5.26 Å². The minimum atomic E-state index is -1.53. The largest absolute Gasteiger partial charge is 0.465 e. The first-order valence-electron chi connectivity index (χ1n) is 12.5. The van der Waals surface area contributed by atoms with E-state index in [0.717, 1.165) is 10.5 Å². The Kier molecular flexibility index (Phi) is 7.42. The van der Waals surface area contributed by atoms with E-state index in [1.54, 1.807) is 39.0 Å². The lowest BCUT2D eigenvalue weighted by Gasteiger charge is -2.43. The van der Waals surface area contributed by atoms with Crippen LogP contribution in [0.2, 0.25) is 0 Å². The Hall–Kier alpha value is -3.97. The molecule has 0 spiro atoms. The van der Waals surface area contributed by atoms with Crippen molar-refractivity contribution in [3.05, 3.63) is 58.9 Å². The van der Waals surface area contributed by atoms with E-state index in [9.17, 15) is 24.8 Å². The zero-order chi connectivity index (χ0) is 27.7. The number of fused-ring (bicyclic) bond motifs is 1. The molecule has 4 rings (SSSR count). The first-order chi connectivity index (χ1) is 17.9. The highest BCUT2D eigenvalue weighted by molar-refractivity contribution is 5.99. The van der Waals surface area contributed by atoms with Crippen LogP contribution in [0.25, 0.3) is 11.1 Å². The van der Waals surface area contributed by atoms with Gasteiger partial charge in [-0.3, -0.25) is 9.59 Å². The molecule has 1 fully saturated rings. The van der Waals surface area contributed by atoms with Crippen LogP contribution in [0.3, 0.4) is 0 Å². The molecule has 200 valence electrons. The molecular weight excluding hydrogens is 491 g/mol. The fourth-order valence-corrected chi connectivity index (χ4v) is 4.90. The van der Waals surface area contributed by atoms with E-state index in [1.807, 2.05) is 18.2 Å². The third-order valence-electron chi connectivity index (χ3n) is 7.25. The minimum Gasteiger partial charge on any atom is -0.465 e. The van der Waals surface area contributed by atoms with E-state index >= 15 is 4.39 Å². The van der Waals surface area contributed by atoms with Gasteiger partial charge in [0.1, 0.15) is 11.9 Å². The van der Waals surface area contributed by atoms with E-state index in [-0.39, 0.29) is 37.6 Å². The Labute approximate surface area is 220 Å². The first kappa shape index (κ1) is 27.1. The third-order valence-corrected chi connectivity index (χ3v) is 7.25. The fraction of sp³-hybridized carbons (Fsp3) is 0.429. The third kappa shape index (κ3) is 5.20. The zero-order valence-electron chi connectivity index (χ0n) is 21.6. The van der Waals surface area contributed by atoms with E-state index in [1.165, 1.54) is 6.07 Å². The van der Waals surface area contributed by atoms with E-state index in [0.29, 0.717) is 29.7 Å². The topological polar surface area (TPSA) is 132 Å². The monoisotopic (exact) mass is 522 g/mol. The number of nitriles is 1. The van der Waals surface area contributed by atoms with E-state index < -0.39 is 34.9 Å². The van der Waals surface area contributed by atoms with E-state index in [4.69, 9.17) is 4.74 Å². The summed E-state index contributed by atoms with van der Waals surface area (Å²) in [5, 5.41) is 24.8. The number of ether oxygens (including phenoxy) is 1. The molecule has 2 aliphatic heterocycles. The summed E-state index contributed by atoms with van der Waals surface area (Å²) in [6, 6.07) is 10.9. The molecule has 0 aromatic heterocycles. The van der Waals surface area contributed by atoms with Crippen LogP contribution in [0.5, 0.6) is 0 Å². The number of nitrogens with one attached hydrogen (secondary N) is 2. The quantitative estimate of drug-likeness (QED) is 0.551. The molecule has 2 aromatic rings. The smallest absolute Gasteiger partial charge is 0.407 e. The zero-order valence-corrected chi connectivity index (χ0v) is 21.6. The maximum Gasteiger partial charge on any atom is 0.407 e. The molecule has 3 N–H and O–H groups in total. The highest BCUT2D eigenvalue weighted by atomic mass is 19.1. The van der Waals surface area contributed by atoms with Crippen molar-refractivity contribution in [1.82, 2.24) is 15.5 Å². The predicted molar refractivity (Wildman–Crippen MR) is 137 cm³/mol. The number of benzene rings is 2. The Morgan fingerprint density at radius 1 is 1.26 bits per heavy atom. The van der Waals surface area contributed by atoms with Crippen LogP contribution in [-0.2, 0) is 22.5 Å². The highest BCUT2D eigenvalue weighted by Gasteiger charge is 2.53. The molecule has 0 radical (unpaired) electrons. The number of halogens is 1. The summed E-state index contributed by atoms with van der Waals surface area (Å²) in [5.74, 6) is -1.32. The second-order valence-corrected chi connectivity index (χ2v) is 10.7. The summed E-state index contributed by atoms with van der Waals surface area (Å²) in [5.41, 5.74) is 0.636. The van der Waals surface area contributed by atoms with Gasteiger partial charge in [-0.05, 0) is 40.8 Å². The van der Waals surface area contributed by atoms with Crippen LogP contribution in [0.4, 0.5) is 9.18 Å². The summed E-state index contributed by atoms with van der Waals surface area (Å²) in [7, 11) is 0. The van der Waals surface area contributed by atoms with Crippen LogP contribution in [-0.4, -0.2) is 59.3 Å². The van der Waals surface area contributed by atoms with Crippen molar-refractivity contribution in [3.8, 4) is 17.2 Å². The Morgan fingerprint density at radius 3 is 2.63 bits per heavy atom. The number of hydrogen-bond donors (Lipinski definition) is 3. The number of amides is 3. The van der Waals surface area contributed by atoms with Gasteiger partial charge in [0.05, 0.1) is 12.6 Å². The van der Waals surface area contributed by atoms with Crippen molar-refractivity contribution in [2.45, 2.75) is 51.8 Å². The Balaban J connectivity index is 1.53. The molecule has 1 unspecified atom stereocenters. The summed E-state index contributed by atoms with van der Waals surface area (Å²) in [6.45, 7) is 6.04. The summed E-state index contributed by atoms with van der Waals surface area (Å²) in [4.78, 5) is 38.4. The van der Waals surface area contributed by atoms with Crippen molar-refractivity contribution in [2.24, 2.45) is 5.41 Å². The maximum atomic E-state index is 15.1. The predicted octanol–water partition coefficient (Wildman–Crippen LogP) is 3.47. The van der Waals surface area contributed by atoms with Crippen LogP contribution >= 0.6 is 0 Å². The number of carboxylic acid groups (broad SMARTS) is 1. The van der Waals surface area contributed by atoms with Crippen molar-refractivity contribution in [1.29, 1.82) is 5.26 Å². The molecular formula is C28H31FN4O5. The molecule has 1 saturated heterocycles. The van der Waals surface area contributed by atoms with E-state index in [2.05, 4.69) is 10.6 Å². The van der Waals surface area contributed by atoms with Gasteiger partial charge in [-0.1, -0.05) is 45.0 Å². The molecule has 2 aromatic carbocycles. The van der Waals surface area contributed by atoms with Crippen molar-refractivity contribution < 1.29 is 28.6 Å². The van der Waals surface area contributed by atoms with Crippen molar-refractivity contribution in [2.75, 3.05) is 19.7 Å². The van der Waals surface area contributed by atoms with Crippen LogP contribution in [0, 0.1) is 22.6 Å². The minimum absolute atomic E-state index is 0.0934. The van der Waals surface area contributed by atoms with Gasteiger partial charge in [0.15, 0.2) is 5.60 Å². The van der Waals surface area contributed by atoms with Crippen LogP contribution < -0.4 is 10.6 Å². The molecule has 9 nitrogen and oxygen atoms in total. The lowest BCUT2D eigenvalue weighted by Crippen LogP contribution is -2.63. The highest BCUT2D eigenvalue weighted by Crippen LogP contribution is 2.37. The maximum absolute atomic E-state index is 15.1. The summed E-state index contributed by atoms with van der Waals surface area (Å²) >= 11 is 0. The van der Waals surface area contributed by atoms with Crippen LogP contribution in [0.15, 0.2) is 36.4 Å². The van der Waals surface area contributed by atoms with Gasteiger partial charge >= 0.3 is 6.09 Å². The lowest BCUT2D eigenvalue weighted by molar-refractivity contribution is -0.165. The van der Waals surface area contributed by atoms with Gasteiger partial charge in [-0.15, -0.1) is 0 Å². The normalized spacial score (nSPS) is 20.1. The second-order valence-electron chi connectivity index (χ2n) is 10.7. The SMILES string of the molecule is CC(C)(C)C1(C(=O)N[C@H](C#N)Cc2ccc(-c3ccc4c(c3)C(=O)NC4)cc2F)CN(C(=O)O)CCCO1. The second kappa shape index (κ2) is 10.4. The number of carbonyl (C=O) groups excluding carboxylic acids is 2. The van der Waals surface area contributed by atoms with Crippen LogP contribution in [0.1, 0.15) is 48.7 Å². The Morgan fingerprint density at radius 2 is 1.97 bits per heavy atom. The first-order valence-corrected chi connectivity index (χ1v) is 12.5. The molecule has 2 aliphatic rings. The van der Waals surface area contributed by atoms with Crippen molar-refractivity contribution >= 4 is 17.9 Å². The molecule has 38 heavy (non-hydrogen) atoms. The lowest BCUT2D eigenvalue weighted by atomic mass is 9.75. The number of carbonyl (C=O) groups is 3. The summed E-state index contributed by atoms with van der Waals surface area (Å²) < 4.78 is 21.1. The molecule has 0 saturated carbocycles. The molecule has 2 heterocycles.